The zero-order chi connectivity index (χ0) is 14.5. The number of nitrogens with zero attached hydrogens (tertiary/aromatic N) is 1. The van der Waals surface area contributed by atoms with Crippen LogP contribution in [0.15, 0.2) is 53.0 Å². The summed E-state index contributed by atoms with van der Waals surface area (Å²) in [6.45, 7) is 0.606. The molecule has 104 valence electrons. The summed E-state index contributed by atoms with van der Waals surface area (Å²) in [7, 11) is 1.82. The molecular formula is C16H17BrN2O. The number of nitrogens with two attached hydrogens (primary N) is 1. The smallest absolute Gasteiger partial charge is 0.227 e. The van der Waals surface area contributed by atoms with Crippen molar-refractivity contribution in [1.29, 1.82) is 0 Å². The summed E-state index contributed by atoms with van der Waals surface area (Å²) in [5, 5.41) is 0. The van der Waals surface area contributed by atoms with Gasteiger partial charge >= 0.3 is 0 Å². The van der Waals surface area contributed by atoms with Crippen LogP contribution in [0.4, 0.5) is 5.69 Å². The van der Waals surface area contributed by atoms with E-state index in [1.807, 2.05) is 55.6 Å². The lowest BCUT2D eigenvalue weighted by molar-refractivity contribution is -0.129. The van der Waals surface area contributed by atoms with Gasteiger partial charge in [-0.25, -0.2) is 0 Å². The molecule has 2 aromatic carbocycles. The van der Waals surface area contributed by atoms with Crippen LogP contribution >= 0.6 is 15.9 Å². The van der Waals surface area contributed by atoms with Crippen molar-refractivity contribution < 1.29 is 4.79 Å². The Labute approximate surface area is 127 Å². The van der Waals surface area contributed by atoms with E-state index in [2.05, 4.69) is 15.9 Å². The molecule has 2 N–H and O–H groups in total. The van der Waals surface area contributed by atoms with Crippen molar-refractivity contribution in [1.82, 2.24) is 4.90 Å². The monoisotopic (exact) mass is 332 g/mol. The lowest BCUT2D eigenvalue weighted by atomic mass is 10.1. The number of benzene rings is 2. The van der Waals surface area contributed by atoms with E-state index in [0.717, 1.165) is 15.6 Å². The van der Waals surface area contributed by atoms with E-state index in [-0.39, 0.29) is 5.91 Å². The Hall–Kier alpha value is -1.81. The van der Waals surface area contributed by atoms with E-state index < -0.39 is 0 Å². The lowest BCUT2D eigenvalue weighted by Gasteiger charge is -2.17. The molecule has 0 spiro atoms. The molecule has 0 saturated carbocycles. The summed E-state index contributed by atoms with van der Waals surface area (Å²) < 4.78 is 1.04. The van der Waals surface area contributed by atoms with E-state index in [0.29, 0.717) is 18.7 Å². The molecule has 0 saturated heterocycles. The summed E-state index contributed by atoms with van der Waals surface area (Å²) in [6.07, 6.45) is 0.373. The van der Waals surface area contributed by atoms with E-state index in [1.54, 1.807) is 4.90 Å². The van der Waals surface area contributed by atoms with Crippen molar-refractivity contribution in [3.05, 3.63) is 64.1 Å². The Morgan fingerprint density at radius 3 is 2.50 bits per heavy atom. The van der Waals surface area contributed by atoms with Crippen LogP contribution in [0.2, 0.25) is 0 Å². The van der Waals surface area contributed by atoms with Crippen LogP contribution < -0.4 is 5.73 Å². The van der Waals surface area contributed by atoms with Crippen LogP contribution in [-0.4, -0.2) is 17.9 Å². The first-order valence-electron chi connectivity index (χ1n) is 6.37. The van der Waals surface area contributed by atoms with Crippen LogP contribution in [-0.2, 0) is 17.8 Å². The average molecular weight is 333 g/mol. The summed E-state index contributed by atoms with van der Waals surface area (Å²) in [6, 6.07) is 15.4. The maximum atomic E-state index is 12.2. The van der Waals surface area contributed by atoms with Gasteiger partial charge in [-0.05, 0) is 35.4 Å². The highest BCUT2D eigenvalue weighted by atomic mass is 79.9. The summed E-state index contributed by atoms with van der Waals surface area (Å²) in [4.78, 5) is 13.9. The van der Waals surface area contributed by atoms with Crippen molar-refractivity contribution in [2.75, 3.05) is 12.8 Å². The molecular weight excluding hydrogens is 316 g/mol. The number of anilines is 1. The van der Waals surface area contributed by atoms with Crippen molar-refractivity contribution in [3.63, 3.8) is 0 Å². The number of hydrogen-bond donors (Lipinski definition) is 1. The maximum absolute atomic E-state index is 12.2. The lowest BCUT2D eigenvalue weighted by Crippen LogP contribution is -2.27. The fraction of sp³-hybridized carbons (Fsp3) is 0.188. The third-order valence-electron chi connectivity index (χ3n) is 3.07. The largest absolute Gasteiger partial charge is 0.399 e. The Morgan fingerprint density at radius 1 is 1.15 bits per heavy atom. The van der Waals surface area contributed by atoms with E-state index in [4.69, 9.17) is 5.73 Å². The fourth-order valence-corrected chi connectivity index (χ4v) is 2.23. The molecule has 20 heavy (non-hydrogen) atoms. The van der Waals surface area contributed by atoms with Crippen LogP contribution in [0.5, 0.6) is 0 Å². The summed E-state index contributed by atoms with van der Waals surface area (Å²) in [5.41, 5.74) is 8.46. The summed E-state index contributed by atoms with van der Waals surface area (Å²) >= 11 is 3.40. The van der Waals surface area contributed by atoms with Gasteiger partial charge in [-0.15, -0.1) is 0 Å². The minimum absolute atomic E-state index is 0.0820. The topological polar surface area (TPSA) is 46.3 Å². The minimum Gasteiger partial charge on any atom is -0.399 e. The van der Waals surface area contributed by atoms with Crippen LogP contribution in [0.25, 0.3) is 0 Å². The number of likely N-dealkylation sites (N-methyl/N-ethyl adjacent to an activating group) is 1. The zero-order valence-corrected chi connectivity index (χ0v) is 12.9. The molecule has 0 aliphatic carbocycles. The van der Waals surface area contributed by atoms with Crippen LogP contribution in [0.3, 0.4) is 0 Å². The molecule has 1 amide bonds. The molecule has 0 heterocycles. The summed E-state index contributed by atoms with van der Waals surface area (Å²) in [5.74, 6) is 0.0820. The standard InChI is InChI=1S/C16H17BrN2O/c1-19(11-12-5-7-14(17)8-6-12)16(20)10-13-3-2-4-15(18)9-13/h2-9H,10-11,18H2,1H3. The molecule has 0 fully saturated rings. The first kappa shape index (κ1) is 14.6. The third-order valence-corrected chi connectivity index (χ3v) is 3.59. The second-order valence-corrected chi connectivity index (χ2v) is 5.71. The van der Waals surface area contributed by atoms with Gasteiger partial charge in [0, 0.05) is 23.8 Å². The molecule has 0 aromatic heterocycles. The molecule has 0 unspecified atom stereocenters. The molecule has 3 nitrogen and oxygen atoms in total. The van der Waals surface area contributed by atoms with Gasteiger partial charge in [-0.3, -0.25) is 4.79 Å². The SMILES string of the molecule is CN(Cc1ccc(Br)cc1)C(=O)Cc1cccc(N)c1. The first-order chi connectivity index (χ1) is 9.54. The molecule has 0 aliphatic heterocycles. The van der Waals surface area contributed by atoms with Gasteiger partial charge in [0.05, 0.1) is 6.42 Å². The molecule has 0 bridgehead atoms. The highest BCUT2D eigenvalue weighted by molar-refractivity contribution is 9.10. The van der Waals surface area contributed by atoms with Gasteiger partial charge in [-0.2, -0.15) is 0 Å². The van der Waals surface area contributed by atoms with Crippen LogP contribution in [0.1, 0.15) is 11.1 Å². The second-order valence-electron chi connectivity index (χ2n) is 4.80. The Kier molecular flexibility index (Phi) is 4.79. The number of carbonyl (C=O) groups is 1. The normalized spacial score (nSPS) is 10.3. The number of amides is 1. The second kappa shape index (κ2) is 6.57. The first-order valence-corrected chi connectivity index (χ1v) is 7.17. The van der Waals surface area contributed by atoms with Gasteiger partial charge in [0.1, 0.15) is 0 Å². The van der Waals surface area contributed by atoms with Crippen molar-refractivity contribution >= 4 is 27.5 Å². The van der Waals surface area contributed by atoms with Gasteiger partial charge in [0.2, 0.25) is 5.91 Å². The Morgan fingerprint density at radius 2 is 1.85 bits per heavy atom. The number of hydrogen-bond acceptors (Lipinski definition) is 2. The highest BCUT2D eigenvalue weighted by Gasteiger charge is 2.10. The minimum atomic E-state index is 0.0820. The number of rotatable bonds is 4. The Bertz CT molecular complexity index is 596. The molecule has 4 heteroatoms. The zero-order valence-electron chi connectivity index (χ0n) is 11.3. The number of carbonyl (C=O) groups excluding carboxylic acids is 1. The van der Waals surface area contributed by atoms with Crippen molar-refractivity contribution in [2.45, 2.75) is 13.0 Å². The van der Waals surface area contributed by atoms with Crippen molar-refractivity contribution in [3.8, 4) is 0 Å². The average Bonchev–Trinajstić information content (AvgIpc) is 2.41. The van der Waals surface area contributed by atoms with E-state index in [1.165, 1.54) is 0 Å². The van der Waals surface area contributed by atoms with E-state index in [9.17, 15) is 4.79 Å². The molecule has 2 rings (SSSR count). The molecule has 2 aromatic rings. The van der Waals surface area contributed by atoms with Gasteiger partial charge in [-0.1, -0.05) is 40.2 Å². The highest BCUT2D eigenvalue weighted by Crippen LogP contribution is 2.13. The molecule has 0 aliphatic rings. The van der Waals surface area contributed by atoms with Gasteiger partial charge in [0.25, 0.3) is 0 Å². The Balaban J connectivity index is 1.96. The third kappa shape index (κ3) is 4.10. The number of halogens is 1. The number of nitrogen functional groups attached to an aromatic ring is 1. The molecule has 0 atom stereocenters. The predicted octanol–water partition coefficient (Wildman–Crippen LogP) is 3.23. The predicted molar refractivity (Wildman–Crippen MR) is 85.2 cm³/mol. The quantitative estimate of drug-likeness (QED) is 0.873. The maximum Gasteiger partial charge on any atom is 0.227 e. The molecule has 0 radical (unpaired) electrons. The van der Waals surface area contributed by atoms with Gasteiger partial charge in [0.15, 0.2) is 0 Å². The van der Waals surface area contributed by atoms with Crippen molar-refractivity contribution in [2.24, 2.45) is 0 Å². The fourth-order valence-electron chi connectivity index (χ4n) is 1.96. The van der Waals surface area contributed by atoms with Gasteiger partial charge < -0.3 is 10.6 Å². The van der Waals surface area contributed by atoms with Crippen LogP contribution in [0, 0.1) is 0 Å². The van der Waals surface area contributed by atoms with E-state index >= 15 is 0 Å².